The second-order valence-electron chi connectivity index (χ2n) is 4.99. The molecule has 1 amide bonds. The molecule has 0 aliphatic carbocycles. The lowest BCUT2D eigenvalue weighted by atomic mass is 10.2. The highest BCUT2D eigenvalue weighted by Gasteiger charge is 2.14. The average molecular weight is 351 g/mol. The van der Waals surface area contributed by atoms with Gasteiger partial charge in [0.25, 0.3) is 5.69 Å². The van der Waals surface area contributed by atoms with Gasteiger partial charge in [-0.1, -0.05) is 5.16 Å². The molecule has 128 valence electrons. The number of amides is 1. The number of ether oxygens (including phenoxy) is 1. The van der Waals surface area contributed by atoms with Crippen molar-refractivity contribution in [3.63, 3.8) is 0 Å². The Kier molecular flexibility index (Phi) is 5.80. The monoisotopic (exact) mass is 351 g/mol. The van der Waals surface area contributed by atoms with Gasteiger partial charge >= 0.3 is 0 Å². The van der Waals surface area contributed by atoms with E-state index in [1.54, 1.807) is 0 Å². The highest BCUT2D eigenvalue weighted by molar-refractivity contribution is 7.99. The summed E-state index contributed by atoms with van der Waals surface area (Å²) in [6, 6.07) is 4.04. The molecule has 0 spiro atoms. The first-order valence-electron chi connectivity index (χ1n) is 7.04. The van der Waals surface area contributed by atoms with Crippen molar-refractivity contribution in [1.29, 1.82) is 0 Å². The Morgan fingerprint density at radius 1 is 1.46 bits per heavy atom. The van der Waals surface area contributed by atoms with Crippen molar-refractivity contribution >= 4 is 29.0 Å². The zero-order chi connectivity index (χ0) is 17.7. The van der Waals surface area contributed by atoms with Crippen LogP contribution >= 0.6 is 11.8 Å². The predicted molar refractivity (Wildman–Crippen MR) is 90.4 cm³/mol. The van der Waals surface area contributed by atoms with E-state index in [1.165, 1.54) is 37.1 Å². The van der Waals surface area contributed by atoms with Gasteiger partial charge in [-0.15, -0.1) is 11.8 Å². The van der Waals surface area contributed by atoms with Gasteiger partial charge in [0, 0.05) is 23.4 Å². The Bertz CT molecular complexity index is 740. The first kappa shape index (κ1) is 17.8. The van der Waals surface area contributed by atoms with E-state index >= 15 is 0 Å². The van der Waals surface area contributed by atoms with Crippen LogP contribution in [0.1, 0.15) is 17.0 Å². The van der Waals surface area contributed by atoms with Crippen molar-refractivity contribution in [2.75, 3.05) is 18.2 Å². The number of anilines is 1. The van der Waals surface area contributed by atoms with E-state index in [9.17, 15) is 14.9 Å². The van der Waals surface area contributed by atoms with Gasteiger partial charge in [0.1, 0.15) is 11.5 Å². The Morgan fingerprint density at radius 3 is 2.79 bits per heavy atom. The summed E-state index contributed by atoms with van der Waals surface area (Å²) in [4.78, 5) is 22.4. The van der Waals surface area contributed by atoms with Crippen LogP contribution in [0, 0.1) is 24.0 Å². The van der Waals surface area contributed by atoms with Crippen molar-refractivity contribution < 1.29 is 19.0 Å². The summed E-state index contributed by atoms with van der Waals surface area (Å²) in [6.45, 7) is 3.67. The minimum Gasteiger partial charge on any atom is -0.495 e. The molecule has 0 fully saturated rings. The van der Waals surface area contributed by atoms with Crippen molar-refractivity contribution in [2.45, 2.75) is 19.6 Å². The van der Waals surface area contributed by atoms with Crippen LogP contribution in [0.25, 0.3) is 0 Å². The Hall–Kier alpha value is -2.55. The fourth-order valence-corrected chi connectivity index (χ4v) is 3.02. The number of nitro benzene ring substituents is 1. The van der Waals surface area contributed by atoms with Crippen molar-refractivity contribution in [2.24, 2.45) is 0 Å². The molecule has 1 heterocycles. The SMILES string of the molecule is COc1ccc([N+](=O)[O-])cc1NC(=O)CSCc1c(C)noc1C. The number of nitro groups is 1. The summed E-state index contributed by atoms with van der Waals surface area (Å²) in [5.41, 5.74) is 1.94. The van der Waals surface area contributed by atoms with Crippen molar-refractivity contribution in [3.05, 3.63) is 45.3 Å². The van der Waals surface area contributed by atoms with E-state index in [0.29, 0.717) is 11.5 Å². The van der Waals surface area contributed by atoms with Crippen LogP contribution < -0.4 is 10.1 Å². The Morgan fingerprint density at radius 2 is 2.21 bits per heavy atom. The average Bonchev–Trinajstić information content (AvgIpc) is 2.86. The van der Waals surface area contributed by atoms with Crippen LogP contribution in [0.4, 0.5) is 11.4 Å². The molecule has 0 bridgehead atoms. The lowest BCUT2D eigenvalue weighted by Gasteiger charge is -2.09. The number of carbonyl (C=O) groups excluding carboxylic acids is 1. The van der Waals surface area contributed by atoms with Gasteiger partial charge in [-0.05, 0) is 19.9 Å². The number of hydrogen-bond acceptors (Lipinski definition) is 7. The minimum atomic E-state index is -0.526. The summed E-state index contributed by atoms with van der Waals surface area (Å²) >= 11 is 1.40. The summed E-state index contributed by atoms with van der Waals surface area (Å²) in [5.74, 6) is 1.62. The van der Waals surface area contributed by atoms with Crippen LogP contribution in [0.5, 0.6) is 5.75 Å². The number of methoxy groups -OCH3 is 1. The fraction of sp³-hybridized carbons (Fsp3) is 0.333. The summed E-state index contributed by atoms with van der Waals surface area (Å²) in [6.07, 6.45) is 0. The molecule has 0 saturated carbocycles. The summed E-state index contributed by atoms with van der Waals surface area (Å²) in [5, 5.41) is 17.3. The molecule has 2 rings (SSSR count). The van der Waals surface area contributed by atoms with Crippen molar-refractivity contribution in [3.8, 4) is 5.75 Å². The van der Waals surface area contributed by atoms with E-state index in [2.05, 4.69) is 10.5 Å². The molecule has 0 saturated heterocycles. The second-order valence-corrected chi connectivity index (χ2v) is 5.97. The van der Waals surface area contributed by atoms with Gasteiger partial charge < -0.3 is 14.6 Å². The highest BCUT2D eigenvalue weighted by atomic mass is 32.2. The lowest BCUT2D eigenvalue weighted by molar-refractivity contribution is -0.384. The summed E-state index contributed by atoms with van der Waals surface area (Å²) < 4.78 is 10.2. The van der Waals surface area contributed by atoms with Gasteiger partial charge in [-0.2, -0.15) is 0 Å². The third-order valence-electron chi connectivity index (χ3n) is 3.33. The molecule has 1 aromatic heterocycles. The molecule has 1 aromatic carbocycles. The molecule has 0 unspecified atom stereocenters. The van der Waals surface area contributed by atoms with Gasteiger partial charge in [0.15, 0.2) is 0 Å². The number of nitrogens with one attached hydrogen (secondary N) is 1. The smallest absolute Gasteiger partial charge is 0.271 e. The van der Waals surface area contributed by atoms with Gasteiger partial charge in [-0.3, -0.25) is 14.9 Å². The van der Waals surface area contributed by atoms with E-state index in [1.807, 2.05) is 13.8 Å². The first-order chi connectivity index (χ1) is 11.4. The molecule has 24 heavy (non-hydrogen) atoms. The van der Waals surface area contributed by atoms with E-state index < -0.39 is 4.92 Å². The van der Waals surface area contributed by atoms with Gasteiger partial charge in [-0.25, -0.2) is 0 Å². The summed E-state index contributed by atoms with van der Waals surface area (Å²) in [7, 11) is 1.43. The van der Waals surface area contributed by atoms with Crippen LogP contribution in [0.3, 0.4) is 0 Å². The predicted octanol–water partition coefficient (Wildman–Crippen LogP) is 3.08. The largest absolute Gasteiger partial charge is 0.495 e. The third kappa shape index (κ3) is 4.25. The maximum atomic E-state index is 12.1. The van der Waals surface area contributed by atoms with Crippen LogP contribution in [-0.2, 0) is 10.5 Å². The van der Waals surface area contributed by atoms with Crippen LogP contribution in [-0.4, -0.2) is 28.8 Å². The van der Waals surface area contributed by atoms with E-state index in [-0.39, 0.29) is 23.0 Å². The van der Waals surface area contributed by atoms with Crippen LogP contribution in [0.2, 0.25) is 0 Å². The van der Waals surface area contributed by atoms with E-state index in [4.69, 9.17) is 9.26 Å². The van der Waals surface area contributed by atoms with E-state index in [0.717, 1.165) is 17.0 Å². The zero-order valence-corrected chi connectivity index (χ0v) is 14.3. The second kappa shape index (κ2) is 7.82. The zero-order valence-electron chi connectivity index (χ0n) is 13.5. The Labute approximate surface area is 142 Å². The standard InChI is InChI=1S/C15H17N3O5S/c1-9-12(10(2)23-17-9)7-24-8-15(19)16-13-6-11(18(20)21)4-5-14(13)22-3/h4-6H,7-8H2,1-3H3,(H,16,19). The fourth-order valence-electron chi connectivity index (χ4n) is 2.05. The number of benzene rings is 1. The first-order valence-corrected chi connectivity index (χ1v) is 8.19. The Balaban J connectivity index is 1.97. The molecule has 9 heteroatoms. The number of aryl methyl sites for hydroxylation is 2. The normalized spacial score (nSPS) is 10.5. The maximum absolute atomic E-state index is 12.1. The maximum Gasteiger partial charge on any atom is 0.271 e. The number of hydrogen-bond donors (Lipinski definition) is 1. The molecule has 0 atom stereocenters. The molecular formula is C15H17N3O5S. The van der Waals surface area contributed by atoms with Gasteiger partial charge in [0.2, 0.25) is 5.91 Å². The molecule has 1 N–H and O–H groups in total. The highest BCUT2D eigenvalue weighted by Crippen LogP contribution is 2.29. The number of aromatic nitrogens is 1. The number of carbonyl (C=O) groups is 1. The molecule has 0 radical (unpaired) electrons. The molecule has 0 aliphatic heterocycles. The van der Waals surface area contributed by atoms with Crippen LogP contribution in [0.15, 0.2) is 22.7 Å². The topological polar surface area (TPSA) is 108 Å². The minimum absolute atomic E-state index is 0.116. The third-order valence-corrected chi connectivity index (χ3v) is 4.29. The number of nitrogens with zero attached hydrogens (tertiary/aromatic N) is 2. The number of rotatable bonds is 7. The molecule has 8 nitrogen and oxygen atoms in total. The lowest BCUT2D eigenvalue weighted by Crippen LogP contribution is -2.15. The quantitative estimate of drug-likeness (QED) is 0.603. The van der Waals surface area contributed by atoms with Gasteiger partial charge in [0.05, 0.1) is 29.2 Å². The molecule has 0 aliphatic rings. The van der Waals surface area contributed by atoms with Crippen molar-refractivity contribution in [1.82, 2.24) is 5.16 Å². The molecular weight excluding hydrogens is 334 g/mol. The number of non-ortho nitro benzene ring substituents is 1. The molecule has 2 aromatic rings. The number of thioether (sulfide) groups is 1.